The SMILES string of the molecule is CN(C(=O)c1ccc(C(F)(F)F)nc1)C1CN(c2ccc3nncn3n2)C1. The van der Waals surface area contributed by atoms with Gasteiger partial charge in [-0.05, 0) is 24.3 Å². The first kappa shape index (κ1) is 17.2. The minimum absolute atomic E-state index is 0.0711. The summed E-state index contributed by atoms with van der Waals surface area (Å²) >= 11 is 0. The van der Waals surface area contributed by atoms with Gasteiger partial charge in [-0.1, -0.05) is 0 Å². The Morgan fingerprint density at radius 1 is 1.22 bits per heavy atom. The number of halogens is 3. The van der Waals surface area contributed by atoms with Crippen molar-refractivity contribution in [3.8, 4) is 0 Å². The molecule has 0 radical (unpaired) electrons. The van der Waals surface area contributed by atoms with Gasteiger partial charge in [0.25, 0.3) is 5.91 Å². The molecular formula is C16H14F3N7O. The average Bonchev–Trinajstić information content (AvgIpc) is 3.07. The van der Waals surface area contributed by atoms with Gasteiger partial charge in [-0.2, -0.15) is 17.7 Å². The maximum absolute atomic E-state index is 12.6. The number of anilines is 1. The number of hydrogen-bond acceptors (Lipinski definition) is 6. The summed E-state index contributed by atoms with van der Waals surface area (Å²) in [6.45, 7) is 1.13. The quantitative estimate of drug-likeness (QED) is 0.688. The first-order chi connectivity index (χ1) is 12.8. The number of amides is 1. The number of nitrogens with zero attached hydrogens (tertiary/aromatic N) is 7. The van der Waals surface area contributed by atoms with Gasteiger partial charge in [0.1, 0.15) is 17.8 Å². The van der Waals surface area contributed by atoms with E-state index in [1.165, 1.54) is 11.2 Å². The zero-order chi connectivity index (χ0) is 19.2. The van der Waals surface area contributed by atoms with Crippen molar-refractivity contribution in [1.29, 1.82) is 0 Å². The number of hydrogen-bond donors (Lipinski definition) is 0. The molecule has 1 amide bonds. The second-order valence-corrected chi connectivity index (χ2v) is 6.23. The van der Waals surface area contributed by atoms with E-state index in [1.54, 1.807) is 17.6 Å². The Hall–Kier alpha value is -3.24. The molecule has 3 aromatic rings. The lowest BCUT2D eigenvalue weighted by molar-refractivity contribution is -0.141. The molecule has 0 aromatic carbocycles. The molecule has 0 atom stereocenters. The summed E-state index contributed by atoms with van der Waals surface area (Å²) in [6, 6.07) is 5.50. The Bertz CT molecular complexity index is 980. The third-order valence-corrected chi connectivity index (χ3v) is 4.50. The Morgan fingerprint density at radius 3 is 2.67 bits per heavy atom. The molecule has 27 heavy (non-hydrogen) atoms. The third-order valence-electron chi connectivity index (χ3n) is 4.50. The van der Waals surface area contributed by atoms with E-state index in [-0.39, 0.29) is 17.5 Å². The second kappa shape index (κ2) is 6.18. The molecule has 11 heteroatoms. The van der Waals surface area contributed by atoms with Gasteiger partial charge in [0.15, 0.2) is 5.65 Å². The molecule has 0 aliphatic carbocycles. The highest BCUT2D eigenvalue weighted by molar-refractivity contribution is 5.94. The van der Waals surface area contributed by atoms with E-state index in [1.807, 2.05) is 11.0 Å². The number of likely N-dealkylation sites (N-methyl/N-ethyl adjacent to an activating group) is 1. The summed E-state index contributed by atoms with van der Waals surface area (Å²) in [7, 11) is 1.62. The number of aromatic nitrogens is 5. The van der Waals surface area contributed by atoms with E-state index in [2.05, 4.69) is 20.3 Å². The van der Waals surface area contributed by atoms with Crippen molar-refractivity contribution < 1.29 is 18.0 Å². The largest absolute Gasteiger partial charge is 0.433 e. The predicted molar refractivity (Wildman–Crippen MR) is 88.1 cm³/mol. The Kier molecular flexibility index (Phi) is 3.93. The lowest BCUT2D eigenvalue weighted by Gasteiger charge is -2.44. The smallest absolute Gasteiger partial charge is 0.351 e. The minimum Gasteiger partial charge on any atom is -0.351 e. The van der Waals surface area contributed by atoms with Crippen LogP contribution in [0, 0.1) is 0 Å². The zero-order valence-electron chi connectivity index (χ0n) is 14.1. The number of fused-ring (bicyclic) bond motifs is 1. The van der Waals surface area contributed by atoms with Crippen LogP contribution in [0.3, 0.4) is 0 Å². The fraction of sp³-hybridized carbons (Fsp3) is 0.312. The van der Waals surface area contributed by atoms with Crippen molar-refractivity contribution in [3.63, 3.8) is 0 Å². The molecule has 3 aromatic heterocycles. The average molecular weight is 377 g/mol. The standard InChI is InChI=1S/C16H14F3N7O/c1-24(15(27)10-2-3-12(20-6-10)16(17,18)19)11-7-25(8-11)14-5-4-13-22-21-9-26(13)23-14/h2-6,9,11H,7-8H2,1H3. The first-order valence-corrected chi connectivity index (χ1v) is 8.05. The molecule has 0 saturated carbocycles. The molecule has 1 saturated heterocycles. The van der Waals surface area contributed by atoms with Gasteiger partial charge in [0.2, 0.25) is 0 Å². The van der Waals surface area contributed by atoms with Crippen LogP contribution in [-0.2, 0) is 6.18 Å². The van der Waals surface area contributed by atoms with Crippen LogP contribution in [-0.4, -0.2) is 61.8 Å². The molecule has 1 fully saturated rings. The highest BCUT2D eigenvalue weighted by Gasteiger charge is 2.35. The van der Waals surface area contributed by atoms with Crippen molar-refractivity contribution in [3.05, 3.63) is 48.0 Å². The van der Waals surface area contributed by atoms with Gasteiger partial charge < -0.3 is 9.80 Å². The number of alkyl halides is 3. The zero-order valence-corrected chi connectivity index (χ0v) is 14.1. The molecule has 0 bridgehead atoms. The summed E-state index contributed by atoms with van der Waals surface area (Å²) in [4.78, 5) is 19.3. The van der Waals surface area contributed by atoms with E-state index < -0.39 is 11.9 Å². The van der Waals surface area contributed by atoms with Gasteiger partial charge in [0.05, 0.1) is 11.6 Å². The molecule has 1 aliphatic heterocycles. The van der Waals surface area contributed by atoms with E-state index in [9.17, 15) is 18.0 Å². The summed E-state index contributed by atoms with van der Waals surface area (Å²) in [5.74, 6) is 0.360. The van der Waals surface area contributed by atoms with Crippen LogP contribution >= 0.6 is 0 Å². The van der Waals surface area contributed by atoms with E-state index in [4.69, 9.17) is 0 Å². The maximum Gasteiger partial charge on any atom is 0.433 e. The molecule has 0 spiro atoms. The van der Waals surface area contributed by atoms with E-state index in [0.29, 0.717) is 18.7 Å². The Labute approximate surface area is 151 Å². The topological polar surface area (TPSA) is 79.5 Å². The van der Waals surface area contributed by atoms with Gasteiger partial charge in [-0.25, -0.2) is 0 Å². The van der Waals surface area contributed by atoms with Gasteiger partial charge in [-0.3, -0.25) is 9.78 Å². The van der Waals surface area contributed by atoms with Crippen molar-refractivity contribution in [2.45, 2.75) is 12.2 Å². The molecule has 4 rings (SSSR count). The number of carbonyl (C=O) groups excluding carboxylic acids is 1. The molecule has 1 aliphatic rings. The lowest BCUT2D eigenvalue weighted by atomic mass is 10.1. The van der Waals surface area contributed by atoms with Gasteiger partial charge in [0, 0.05) is 26.3 Å². The van der Waals surface area contributed by atoms with Crippen LogP contribution in [0.5, 0.6) is 0 Å². The van der Waals surface area contributed by atoms with Crippen molar-refractivity contribution in [2.24, 2.45) is 0 Å². The highest BCUT2D eigenvalue weighted by Crippen LogP contribution is 2.27. The molecular weight excluding hydrogens is 363 g/mol. The number of rotatable bonds is 3. The molecule has 0 N–H and O–H groups in total. The normalized spacial score (nSPS) is 15.0. The Balaban J connectivity index is 1.40. The van der Waals surface area contributed by atoms with Crippen LogP contribution in [0.4, 0.5) is 19.0 Å². The molecule has 0 unspecified atom stereocenters. The molecule has 4 heterocycles. The minimum atomic E-state index is -4.53. The van der Waals surface area contributed by atoms with Crippen molar-refractivity contribution >= 4 is 17.4 Å². The third kappa shape index (κ3) is 3.15. The highest BCUT2D eigenvalue weighted by atomic mass is 19.4. The van der Waals surface area contributed by atoms with Crippen LogP contribution in [0.1, 0.15) is 16.1 Å². The van der Waals surface area contributed by atoms with Crippen LogP contribution < -0.4 is 4.90 Å². The van der Waals surface area contributed by atoms with Crippen molar-refractivity contribution in [2.75, 3.05) is 25.0 Å². The van der Waals surface area contributed by atoms with Gasteiger partial charge in [-0.15, -0.1) is 15.3 Å². The number of carbonyl (C=O) groups is 1. The summed E-state index contributed by atoms with van der Waals surface area (Å²) in [6.07, 6.45) is -2.07. The second-order valence-electron chi connectivity index (χ2n) is 6.23. The monoisotopic (exact) mass is 377 g/mol. The van der Waals surface area contributed by atoms with E-state index >= 15 is 0 Å². The summed E-state index contributed by atoms with van der Waals surface area (Å²) in [5, 5.41) is 12.0. The fourth-order valence-corrected chi connectivity index (χ4v) is 2.83. The van der Waals surface area contributed by atoms with Crippen LogP contribution in [0.25, 0.3) is 5.65 Å². The predicted octanol–water partition coefficient (Wildman–Crippen LogP) is 1.50. The van der Waals surface area contributed by atoms with Gasteiger partial charge >= 0.3 is 6.18 Å². The first-order valence-electron chi connectivity index (χ1n) is 8.05. The summed E-state index contributed by atoms with van der Waals surface area (Å²) < 4.78 is 39.3. The Morgan fingerprint density at radius 2 is 2.00 bits per heavy atom. The maximum atomic E-state index is 12.6. The van der Waals surface area contributed by atoms with Crippen molar-refractivity contribution in [1.82, 2.24) is 29.7 Å². The fourth-order valence-electron chi connectivity index (χ4n) is 2.83. The molecule has 140 valence electrons. The lowest BCUT2D eigenvalue weighted by Crippen LogP contribution is -2.60. The van der Waals surface area contributed by atoms with Crippen LogP contribution in [0.15, 0.2) is 36.8 Å². The number of pyridine rings is 1. The van der Waals surface area contributed by atoms with E-state index in [0.717, 1.165) is 24.1 Å². The van der Waals surface area contributed by atoms with Crippen LogP contribution in [0.2, 0.25) is 0 Å². The molecule has 8 nitrogen and oxygen atoms in total. The summed E-state index contributed by atoms with van der Waals surface area (Å²) in [5.41, 5.74) is -0.266.